The first-order chi connectivity index (χ1) is 16.8. The summed E-state index contributed by atoms with van der Waals surface area (Å²) in [6.07, 6.45) is 1.42. The van der Waals surface area contributed by atoms with Crippen molar-refractivity contribution in [3.05, 3.63) is 86.3 Å². The van der Waals surface area contributed by atoms with Gasteiger partial charge in [-0.2, -0.15) is 5.10 Å². The molecule has 0 saturated carbocycles. The molecule has 0 aliphatic carbocycles. The van der Waals surface area contributed by atoms with Crippen molar-refractivity contribution in [3.8, 4) is 11.5 Å². The Labute approximate surface area is 217 Å². The van der Waals surface area contributed by atoms with E-state index in [1.54, 1.807) is 30.3 Å². The highest BCUT2D eigenvalue weighted by Gasteiger charge is 2.15. The Morgan fingerprint density at radius 1 is 1.03 bits per heavy atom. The lowest BCUT2D eigenvalue weighted by Crippen LogP contribution is -2.32. The molecule has 0 heterocycles. The average molecular weight is 559 g/mol. The number of hydrogen-bond acceptors (Lipinski definition) is 5. The van der Waals surface area contributed by atoms with Gasteiger partial charge in [0.25, 0.3) is 0 Å². The minimum atomic E-state index is -0.881. The number of carbonyl (C=O) groups is 2. The van der Waals surface area contributed by atoms with E-state index < -0.39 is 11.8 Å². The molecule has 0 fully saturated rings. The van der Waals surface area contributed by atoms with Gasteiger partial charge in [-0.3, -0.25) is 9.59 Å². The lowest BCUT2D eigenvalue weighted by atomic mass is 10.1. The van der Waals surface area contributed by atoms with Gasteiger partial charge in [0.1, 0.15) is 6.61 Å². The summed E-state index contributed by atoms with van der Waals surface area (Å²) >= 11 is 9.44. The predicted octanol–water partition coefficient (Wildman–Crippen LogP) is 5.79. The van der Waals surface area contributed by atoms with Crippen LogP contribution in [0, 0.1) is 13.8 Å². The van der Waals surface area contributed by atoms with Crippen molar-refractivity contribution < 1.29 is 19.1 Å². The van der Waals surface area contributed by atoms with Crippen LogP contribution in [-0.2, 0) is 16.2 Å². The number of amides is 2. The highest BCUT2D eigenvalue weighted by molar-refractivity contribution is 9.10. The van der Waals surface area contributed by atoms with Gasteiger partial charge in [-0.1, -0.05) is 41.4 Å². The van der Waals surface area contributed by atoms with Crippen LogP contribution in [-0.4, -0.2) is 24.6 Å². The number of halogens is 2. The van der Waals surface area contributed by atoms with Gasteiger partial charge in [0.05, 0.1) is 17.3 Å². The van der Waals surface area contributed by atoms with Crippen molar-refractivity contribution in [2.45, 2.75) is 27.4 Å². The predicted molar refractivity (Wildman–Crippen MR) is 141 cm³/mol. The summed E-state index contributed by atoms with van der Waals surface area (Å²) in [5.41, 5.74) is 6.32. The number of nitrogens with one attached hydrogen (secondary N) is 2. The molecule has 0 bridgehead atoms. The molecule has 9 heteroatoms. The van der Waals surface area contributed by atoms with Crippen LogP contribution in [0.2, 0.25) is 5.02 Å². The number of anilines is 1. The maximum atomic E-state index is 12.2. The summed E-state index contributed by atoms with van der Waals surface area (Å²) in [6, 6.07) is 16.4. The minimum Gasteiger partial charge on any atom is -0.490 e. The monoisotopic (exact) mass is 557 g/mol. The number of hydrazone groups is 1. The molecule has 0 radical (unpaired) electrons. The van der Waals surface area contributed by atoms with Gasteiger partial charge in [0.2, 0.25) is 0 Å². The number of hydrogen-bond donors (Lipinski definition) is 2. The zero-order valence-electron chi connectivity index (χ0n) is 19.5. The molecule has 2 N–H and O–H groups in total. The highest BCUT2D eigenvalue weighted by atomic mass is 79.9. The summed E-state index contributed by atoms with van der Waals surface area (Å²) in [6.45, 7) is 6.43. The third-order valence-corrected chi connectivity index (χ3v) is 5.69. The molecular formula is C26H25BrClN3O4. The Bertz CT molecular complexity index is 1250. The molecule has 182 valence electrons. The molecule has 0 aliphatic rings. The smallest absolute Gasteiger partial charge is 0.329 e. The van der Waals surface area contributed by atoms with E-state index in [1.165, 1.54) is 6.21 Å². The Hall–Kier alpha value is -3.36. The van der Waals surface area contributed by atoms with E-state index in [1.807, 2.05) is 45.0 Å². The first kappa shape index (κ1) is 26.2. The van der Waals surface area contributed by atoms with Crippen LogP contribution in [0.15, 0.2) is 64.2 Å². The van der Waals surface area contributed by atoms with Crippen LogP contribution in [0.25, 0.3) is 0 Å². The second-order valence-corrected chi connectivity index (χ2v) is 8.94. The zero-order valence-corrected chi connectivity index (χ0v) is 21.9. The van der Waals surface area contributed by atoms with Crippen molar-refractivity contribution in [3.63, 3.8) is 0 Å². The highest BCUT2D eigenvalue weighted by Crippen LogP contribution is 2.37. The van der Waals surface area contributed by atoms with Crippen molar-refractivity contribution >= 4 is 51.2 Å². The lowest BCUT2D eigenvalue weighted by molar-refractivity contribution is -0.136. The third kappa shape index (κ3) is 7.56. The van der Waals surface area contributed by atoms with E-state index >= 15 is 0 Å². The molecule has 0 saturated heterocycles. The molecule has 3 aromatic rings. The van der Waals surface area contributed by atoms with Crippen LogP contribution in [0.5, 0.6) is 11.5 Å². The average Bonchev–Trinajstić information content (AvgIpc) is 2.81. The molecule has 0 unspecified atom stereocenters. The van der Waals surface area contributed by atoms with Gasteiger partial charge < -0.3 is 14.8 Å². The Kier molecular flexibility index (Phi) is 9.28. The number of benzene rings is 3. The second-order valence-electron chi connectivity index (χ2n) is 7.65. The van der Waals surface area contributed by atoms with Gasteiger partial charge in [-0.25, -0.2) is 5.43 Å². The third-order valence-electron chi connectivity index (χ3n) is 4.84. The van der Waals surface area contributed by atoms with Crippen molar-refractivity contribution in [1.29, 1.82) is 0 Å². The molecule has 35 heavy (non-hydrogen) atoms. The van der Waals surface area contributed by atoms with Gasteiger partial charge in [-0.05, 0) is 83.7 Å². The van der Waals surface area contributed by atoms with Crippen LogP contribution in [0.4, 0.5) is 5.69 Å². The molecule has 3 rings (SSSR count). The van der Waals surface area contributed by atoms with E-state index in [0.717, 1.165) is 16.7 Å². The molecular weight excluding hydrogens is 534 g/mol. The van der Waals surface area contributed by atoms with E-state index in [4.69, 9.17) is 21.1 Å². The fraction of sp³-hybridized carbons (Fsp3) is 0.192. The maximum Gasteiger partial charge on any atom is 0.329 e. The molecule has 3 aromatic carbocycles. The van der Waals surface area contributed by atoms with E-state index in [-0.39, 0.29) is 0 Å². The topological polar surface area (TPSA) is 89.0 Å². The minimum absolute atomic E-state index is 0.328. The summed E-state index contributed by atoms with van der Waals surface area (Å²) in [5.74, 6) is -0.642. The normalized spacial score (nSPS) is 10.8. The first-order valence-corrected chi connectivity index (χ1v) is 12.0. The first-order valence-electron chi connectivity index (χ1n) is 10.8. The van der Waals surface area contributed by atoms with Gasteiger partial charge in [0, 0.05) is 10.7 Å². The SMILES string of the molecule is CCOc1cc(/C=N/NC(=O)C(=O)Nc2ccc(C)cc2C)cc(Br)c1OCc1ccc(Cl)cc1. The summed E-state index contributed by atoms with van der Waals surface area (Å²) < 4.78 is 12.3. The lowest BCUT2D eigenvalue weighted by Gasteiger charge is -2.14. The Balaban J connectivity index is 1.65. The molecule has 2 amide bonds. The van der Waals surface area contributed by atoms with Crippen molar-refractivity contribution in [2.75, 3.05) is 11.9 Å². The summed E-state index contributed by atoms with van der Waals surface area (Å²) in [5, 5.41) is 7.14. The van der Waals surface area contributed by atoms with Crippen molar-refractivity contribution in [2.24, 2.45) is 5.10 Å². The van der Waals surface area contributed by atoms with Gasteiger partial charge in [0.15, 0.2) is 11.5 Å². The number of ether oxygens (including phenoxy) is 2. The standard InChI is InChI=1S/C26H25BrClN3O4/c1-4-34-23-13-19(12-21(27)24(23)35-15-18-6-8-20(28)9-7-18)14-29-31-26(33)25(32)30-22-10-5-16(2)11-17(22)3/h5-14H,4,15H2,1-3H3,(H,30,32)(H,31,33)/b29-14+. The molecule has 0 atom stereocenters. The van der Waals surface area contributed by atoms with Crippen molar-refractivity contribution in [1.82, 2.24) is 5.43 Å². The second kappa shape index (κ2) is 12.4. The number of rotatable bonds is 8. The molecule has 0 aromatic heterocycles. The number of aryl methyl sites for hydroxylation is 2. The summed E-state index contributed by atoms with van der Waals surface area (Å²) in [4.78, 5) is 24.3. The largest absolute Gasteiger partial charge is 0.490 e. The van der Waals surface area contributed by atoms with Crippen LogP contribution in [0.1, 0.15) is 29.2 Å². The number of nitrogens with zero attached hydrogens (tertiary/aromatic N) is 1. The molecule has 0 spiro atoms. The molecule has 7 nitrogen and oxygen atoms in total. The van der Waals surface area contributed by atoms with Crippen LogP contribution in [0.3, 0.4) is 0 Å². The maximum absolute atomic E-state index is 12.2. The van der Waals surface area contributed by atoms with E-state index in [2.05, 4.69) is 31.8 Å². The fourth-order valence-electron chi connectivity index (χ4n) is 3.15. The van der Waals surface area contributed by atoms with Gasteiger partial charge in [-0.15, -0.1) is 0 Å². The number of carbonyl (C=O) groups excluding carboxylic acids is 2. The van der Waals surface area contributed by atoms with E-state index in [9.17, 15) is 9.59 Å². The van der Waals surface area contributed by atoms with E-state index in [0.29, 0.717) is 45.5 Å². The zero-order chi connectivity index (χ0) is 25.4. The van der Waals surface area contributed by atoms with Gasteiger partial charge >= 0.3 is 11.8 Å². The van der Waals surface area contributed by atoms with Crippen LogP contribution >= 0.6 is 27.5 Å². The van der Waals surface area contributed by atoms with Crippen LogP contribution < -0.4 is 20.2 Å². The fourth-order valence-corrected chi connectivity index (χ4v) is 3.85. The Morgan fingerprint density at radius 3 is 2.46 bits per heavy atom. The molecule has 0 aliphatic heterocycles. The summed E-state index contributed by atoms with van der Waals surface area (Å²) in [7, 11) is 0. The quantitative estimate of drug-likeness (QED) is 0.208. The Morgan fingerprint density at radius 2 is 1.77 bits per heavy atom.